The normalized spacial score (nSPS) is 12.3. The van der Waals surface area contributed by atoms with E-state index in [-0.39, 0.29) is 22.9 Å². The summed E-state index contributed by atoms with van der Waals surface area (Å²) in [6.45, 7) is 7.46. The summed E-state index contributed by atoms with van der Waals surface area (Å²) >= 11 is 1.26. The number of aromatic nitrogens is 1. The standard InChI is InChI=1S/C24H25N3O3S2/c1-15(2)27(16(3)4)32(29,30)20-11-12-21-22(14-20)31-24(25-21)26-23(28)19-10-9-17-7-5-6-8-18(17)13-19/h5-16H,1-4H3,(H,25,26,28). The van der Waals surface area contributed by atoms with Crippen LogP contribution in [0, 0.1) is 0 Å². The fourth-order valence-corrected chi connectivity index (χ4v) is 6.73. The number of amides is 1. The second kappa shape index (κ2) is 8.61. The van der Waals surface area contributed by atoms with Gasteiger partial charge in [-0.15, -0.1) is 0 Å². The minimum absolute atomic E-state index is 0.158. The number of carbonyl (C=O) groups excluding carboxylic acids is 1. The van der Waals surface area contributed by atoms with E-state index in [1.807, 2.05) is 64.1 Å². The smallest absolute Gasteiger partial charge is 0.257 e. The topological polar surface area (TPSA) is 79.4 Å². The predicted molar refractivity (Wildman–Crippen MR) is 131 cm³/mol. The van der Waals surface area contributed by atoms with Gasteiger partial charge in [-0.1, -0.05) is 41.7 Å². The molecule has 1 N–H and O–H groups in total. The van der Waals surface area contributed by atoms with Crippen molar-refractivity contribution in [3.63, 3.8) is 0 Å². The van der Waals surface area contributed by atoms with Crippen molar-refractivity contribution in [3.05, 3.63) is 66.2 Å². The van der Waals surface area contributed by atoms with Gasteiger partial charge in [-0.25, -0.2) is 13.4 Å². The van der Waals surface area contributed by atoms with Gasteiger partial charge in [-0.2, -0.15) is 4.31 Å². The van der Waals surface area contributed by atoms with E-state index in [1.54, 1.807) is 24.3 Å². The molecule has 0 radical (unpaired) electrons. The SMILES string of the molecule is CC(C)N(C(C)C)S(=O)(=O)c1ccc2nc(NC(=O)c3ccc4ccccc4c3)sc2c1. The van der Waals surface area contributed by atoms with Crippen LogP contribution in [0.2, 0.25) is 0 Å². The Bertz CT molecular complexity index is 1400. The van der Waals surface area contributed by atoms with E-state index in [4.69, 9.17) is 0 Å². The van der Waals surface area contributed by atoms with Crippen LogP contribution in [0.1, 0.15) is 38.1 Å². The summed E-state index contributed by atoms with van der Waals surface area (Å²) in [5.41, 5.74) is 1.18. The number of carbonyl (C=O) groups is 1. The van der Waals surface area contributed by atoms with Crippen LogP contribution in [-0.2, 0) is 10.0 Å². The lowest BCUT2D eigenvalue weighted by Crippen LogP contribution is -2.41. The quantitative estimate of drug-likeness (QED) is 0.406. The number of hydrogen-bond acceptors (Lipinski definition) is 5. The second-order valence-corrected chi connectivity index (χ2v) is 11.1. The number of thiazole rings is 1. The van der Waals surface area contributed by atoms with Crippen molar-refractivity contribution in [2.24, 2.45) is 0 Å². The maximum atomic E-state index is 13.2. The maximum absolute atomic E-state index is 13.2. The van der Waals surface area contributed by atoms with Gasteiger partial charge in [0.2, 0.25) is 10.0 Å². The molecule has 0 aliphatic heterocycles. The molecule has 1 aromatic heterocycles. The van der Waals surface area contributed by atoms with Crippen LogP contribution in [-0.4, -0.2) is 35.7 Å². The Morgan fingerprint density at radius 2 is 1.62 bits per heavy atom. The van der Waals surface area contributed by atoms with E-state index in [9.17, 15) is 13.2 Å². The molecule has 0 saturated heterocycles. The fourth-order valence-electron chi connectivity index (χ4n) is 3.89. The van der Waals surface area contributed by atoms with Crippen molar-refractivity contribution in [2.45, 2.75) is 44.7 Å². The highest BCUT2D eigenvalue weighted by Gasteiger charge is 2.29. The van der Waals surface area contributed by atoms with Gasteiger partial charge < -0.3 is 0 Å². The van der Waals surface area contributed by atoms with Crippen LogP contribution in [0.3, 0.4) is 0 Å². The number of benzene rings is 3. The van der Waals surface area contributed by atoms with E-state index >= 15 is 0 Å². The molecule has 8 heteroatoms. The largest absolute Gasteiger partial charge is 0.298 e. The molecule has 0 unspecified atom stereocenters. The highest BCUT2D eigenvalue weighted by Crippen LogP contribution is 2.30. The highest BCUT2D eigenvalue weighted by atomic mass is 32.2. The Morgan fingerprint density at radius 3 is 2.31 bits per heavy atom. The van der Waals surface area contributed by atoms with Crippen LogP contribution in [0.4, 0.5) is 5.13 Å². The zero-order valence-corrected chi connectivity index (χ0v) is 20.0. The van der Waals surface area contributed by atoms with E-state index in [1.165, 1.54) is 15.6 Å². The molecule has 0 atom stereocenters. The highest BCUT2D eigenvalue weighted by molar-refractivity contribution is 7.89. The molecule has 0 saturated carbocycles. The Kier molecular flexibility index (Phi) is 6.03. The van der Waals surface area contributed by atoms with Crippen LogP contribution >= 0.6 is 11.3 Å². The lowest BCUT2D eigenvalue weighted by molar-refractivity contribution is 0.102. The Morgan fingerprint density at radius 1 is 0.938 bits per heavy atom. The molecule has 166 valence electrons. The van der Waals surface area contributed by atoms with Crippen molar-refractivity contribution in [2.75, 3.05) is 5.32 Å². The van der Waals surface area contributed by atoms with Crippen LogP contribution in [0.15, 0.2) is 65.6 Å². The molecule has 32 heavy (non-hydrogen) atoms. The van der Waals surface area contributed by atoms with Crippen LogP contribution in [0.5, 0.6) is 0 Å². The molecule has 4 rings (SSSR count). The first-order chi connectivity index (χ1) is 15.2. The van der Waals surface area contributed by atoms with Gasteiger partial charge in [-0.05, 0) is 68.8 Å². The van der Waals surface area contributed by atoms with E-state index in [0.717, 1.165) is 10.8 Å². The summed E-state index contributed by atoms with van der Waals surface area (Å²) in [6.07, 6.45) is 0. The molecule has 0 bridgehead atoms. The number of sulfonamides is 1. The minimum atomic E-state index is -3.64. The minimum Gasteiger partial charge on any atom is -0.298 e. The molecule has 0 aliphatic rings. The van der Waals surface area contributed by atoms with Gasteiger partial charge >= 0.3 is 0 Å². The van der Waals surface area contributed by atoms with Crippen LogP contribution < -0.4 is 5.32 Å². The predicted octanol–water partition coefficient (Wildman–Crippen LogP) is 5.51. The van der Waals surface area contributed by atoms with Gasteiger partial charge in [0.15, 0.2) is 5.13 Å². The average molecular weight is 468 g/mol. The summed E-state index contributed by atoms with van der Waals surface area (Å²) in [7, 11) is -3.64. The molecule has 1 heterocycles. The number of nitrogens with zero attached hydrogens (tertiary/aromatic N) is 2. The molecule has 6 nitrogen and oxygen atoms in total. The Labute approximate surface area is 191 Å². The number of nitrogens with one attached hydrogen (secondary N) is 1. The summed E-state index contributed by atoms with van der Waals surface area (Å²) in [5, 5.41) is 5.32. The zero-order valence-electron chi connectivity index (χ0n) is 18.4. The van der Waals surface area contributed by atoms with Crippen molar-refractivity contribution in [3.8, 4) is 0 Å². The molecule has 3 aromatic carbocycles. The van der Waals surface area contributed by atoms with E-state index in [0.29, 0.717) is 20.9 Å². The third-order valence-corrected chi connectivity index (χ3v) is 8.37. The molecule has 1 amide bonds. The van der Waals surface area contributed by atoms with Gasteiger partial charge in [0.25, 0.3) is 5.91 Å². The lowest BCUT2D eigenvalue weighted by atomic mass is 10.1. The molecule has 0 spiro atoms. The summed E-state index contributed by atoms with van der Waals surface area (Å²) in [6, 6.07) is 18.0. The Balaban J connectivity index is 1.62. The first-order valence-electron chi connectivity index (χ1n) is 10.4. The third kappa shape index (κ3) is 4.26. The number of anilines is 1. The van der Waals surface area contributed by atoms with E-state index < -0.39 is 10.0 Å². The van der Waals surface area contributed by atoms with Gasteiger partial charge in [0, 0.05) is 17.6 Å². The first kappa shape index (κ1) is 22.4. The number of fused-ring (bicyclic) bond motifs is 2. The third-order valence-electron chi connectivity index (χ3n) is 5.19. The van der Waals surface area contributed by atoms with Crippen molar-refractivity contribution in [1.29, 1.82) is 0 Å². The maximum Gasteiger partial charge on any atom is 0.257 e. The summed E-state index contributed by atoms with van der Waals surface area (Å²) in [5.74, 6) is -0.256. The first-order valence-corrected chi connectivity index (χ1v) is 12.7. The lowest BCUT2D eigenvalue weighted by Gasteiger charge is -2.29. The zero-order chi connectivity index (χ0) is 23.0. The number of rotatable bonds is 6. The molecule has 0 fully saturated rings. The fraction of sp³-hybridized carbons (Fsp3) is 0.250. The van der Waals surface area contributed by atoms with Crippen molar-refractivity contribution in [1.82, 2.24) is 9.29 Å². The molecule has 4 aromatic rings. The van der Waals surface area contributed by atoms with Crippen molar-refractivity contribution < 1.29 is 13.2 Å². The van der Waals surface area contributed by atoms with Gasteiger partial charge in [-0.3, -0.25) is 10.1 Å². The molecular formula is C24H25N3O3S2. The molecule has 0 aliphatic carbocycles. The van der Waals surface area contributed by atoms with E-state index in [2.05, 4.69) is 10.3 Å². The molecular weight excluding hydrogens is 442 g/mol. The average Bonchev–Trinajstić information content (AvgIpc) is 3.13. The van der Waals surface area contributed by atoms with Gasteiger partial charge in [0.05, 0.1) is 15.1 Å². The summed E-state index contributed by atoms with van der Waals surface area (Å²) in [4.78, 5) is 17.4. The van der Waals surface area contributed by atoms with Crippen LogP contribution in [0.25, 0.3) is 21.0 Å². The Hall–Kier alpha value is -2.81. The van der Waals surface area contributed by atoms with Crippen molar-refractivity contribution >= 4 is 53.4 Å². The summed E-state index contributed by atoms with van der Waals surface area (Å²) < 4.78 is 28.6. The van der Waals surface area contributed by atoms with Gasteiger partial charge in [0.1, 0.15) is 0 Å². The number of hydrogen-bond donors (Lipinski definition) is 1. The second-order valence-electron chi connectivity index (χ2n) is 8.19. The monoisotopic (exact) mass is 467 g/mol.